The zero-order valence-corrected chi connectivity index (χ0v) is 7.72. The zero-order chi connectivity index (χ0) is 8.97. The number of hydrogen-bond acceptors (Lipinski definition) is 2. The standard InChI is InChI=1S/C10H16N2/c1-8-7-9(5-6-12-2)3-4-10(8)11/h3-4,7,12H,5-6,11H2,1-2H3. The number of aryl methyl sites for hydroxylation is 1. The Labute approximate surface area is 73.8 Å². The molecule has 0 unspecified atom stereocenters. The Balaban J connectivity index is 2.69. The summed E-state index contributed by atoms with van der Waals surface area (Å²) in [4.78, 5) is 0. The average Bonchev–Trinajstić information content (AvgIpc) is 2.07. The van der Waals surface area contributed by atoms with Crippen molar-refractivity contribution in [2.24, 2.45) is 0 Å². The van der Waals surface area contributed by atoms with Gasteiger partial charge in [-0.25, -0.2) is 0 Å². The van der Waals surface area contributed by atoms with Gasteiger partial charge >= 0.3 is 0 Å². The summed E-state index contributed by atoms with van der Waals surface area (Å²) < 4.78 is 0. The highest BCUT2D eigenvalue weighted by Crippen LogP contribution is 2.12. The molecule has 0 aliphatic carbocycles. The maximum atomic E-state index is 5.70. The molecule has 0 aromatic heterocycles. The van der Waals surface area contributed by atoms with Gasteiger partial charge in [-0.2, -0.15) is 0 Å². The summed E-state index contributed by atoms with van der Waals surface area (Å²) in [6.45, 7) is 3.06. The van der Waals surface area contributed by atoms with Crippen molar-refractivity contribution < 1.29 is 0 Å². The molecule has 0 fully saturated rings. The minimum atomic E-state index is 0.878. The van der Waals surface area contributed by atoms with Crippen molar-refractivity contribution in [2.45, 2.75) is 13.3 Å². The van der Waals surface area contributed by atoms with Crippen LogP contribution in [0.15, 0.2) is 18.2 Å². The third kappa shape index (κ3) is 2.24. The first kappa shape index (κ1) is 9.07. The van der Waals surface area contributed by atoms with E-state index >= 15 is 0 Å². The molecule has 66 valence electrons. The molecular weight excluding hydrogens is 148 g/mol. The number of rotatable bonds is 3. The first-order valence-electron chi connectivity index (χ1n) is 4.23. The summed E-state index contributed by atoms with van der Waals surface area (Å²) in [6, 6.07) is 6.20. The van der Waals surface area contributed by atoms with Crippen LogP contribution in [0.25, 0.3) is 0 Å². The Morgan fingerprint density at radius 2 is 2.17 bits per heavy atom. The van der Waals surface area contributed by atoms with Crippen molar-refractivity contribution >= 4 is 5.69 Å². The first-order chi connectivity index (χ1) is 5.74. The Bertz CT molecular complexity index is 256. The lowest BCUT2D eigenvalue weighted by Crippen LogP contribution is -2.10. The summed E-state index contributed by atoms with van der Waals surface area (Å²) in [5.74, 6) is 0. The highest BCUT2D eigenvalue weighted by molar-refractivity contribution is 5.47. The second kappa shape index (κ2) is 4.12. The number of anilines is 1. The van der Waals surface area contributed by atoms with E-state index in [9.17, 15) is 0 Å². The van der Waals surface area contributed by atoms with Gasteiger partial charge in [0.15, 0.2) is 0 Å². The fraction of sp³-hybridized carbons (Fsp3) is 0.400. The van der Waals surface area contributed by atoms with Crippen molar-refractivity contribution in [3.05, 3.63) is 29.3 Å². The van der Waals surface area contributed by atoms with Gasteiger partial charge in [0.2, 0.25) is 0 Å². The average molecular weight is 164 g/mol. The molecule has 0 saturated carbocycles. The quantitative estimate of drug-likeness (QED) is 0.662. The van der Waals surface area contributed by atoms with E-state index in [1.807, 2.05) is 20.0 Å². The van der Waals surface area contributed by atoms with Crippen LogP contribution in [0.2, 0.25) is 0 Å². The van der Waals surface area contributed by atoms with Crippen molar-refractivity contribution in [2.75, 3.05) is 19.3 Å². The van der Waals surface area contributed by atoms with Gasteiger partial charge in [-0.05, 0) is 44.1 Å². The number of nitrogens with one attached hydrogen (secondary N) is 1. The number of benzene rings is 1. The van der Waals surface area contributed by atoms with E-state index in [2.05, 4.69) is 17.4 Å². The molecule has 0 bridgehead atoms. The first-order valence-corrected chi connectivity index (χ1v) is 4.23. The lowest BCUT2D eigenvalue weighted by molar-refractivity contribution is 0.791. The predicted octanol–water partition coefficient (Wildman–Crippen LogP) is 1.34. The van der Waals surface area contributed by atoms with E-state index < -0.39 is 0 Å². The Hall–Kier alpha value is -1.02. The monoisotopic (exact) mass is 164 g/mol. The van der Waals surface area contributed by atoms with E-state index in [-0.39, 0.29) is 0 Å². The molecular formula is C10H16N2. The van der Waals surface area contributed by atoms with Crippen LogP contribution in [0.1, 0.15) is 11.1 Å². The Morgan fingerprint density at radius 3 is 2.75 bits per heavy atom. The maximum Gasteiger partial charge on any atom is 0.0343 e. The second-order valence-electron chi connectivity index (χ2n) is 3.04. The summed E-state index contributed by atoms with van der Waals surface area (Å²) in [5.41, 5.74) is 9.09. The molecule has 0 aliphatic heterocycles. The van der Waals surface area contributed by atoms with Crippen LogP contribution in [-0.2, 0) is 6.42 Å². The maximum absolute atomic E-state index is 5.70. The van der Waals surface area contributed by atoms with Crippen LogP contribution in [-0.4, -0.2) is 13.6 Å². The molecule has 12 heavy (non-hydrogen) atoms. The number of likely N-dealkylation sites (N-methyl/N-ethyl adjacent to an activating group) is 1. The molecule has 0 amide bonds. The number of hydrogen-bond donors (Lipinski definition) is 2. The number of nitrogen functional groups attached to an aromatic ring is 1. The van der Waals surface area contributed by atoms with Crippen molar-refractivity contribution in [3.63, 3.8) is 0 Å². The number of nitrogens with two attached hydrogens (primary N) is 1. The largest absolute Gasteiger partial charge is 0.399 e. The third-order valence-corrected chi connectivity index (χ3v) is 2.00. The molecule has 2 heteroatoms. The molecule has 0 radical (unpaired) electrons. The second-order valence-corrected chi connectivity index (χ2v) is 3.04. The lowest BCUT2D eigenvalue weighted by atomic mass is 10.1. The van der Waals surface area contributed by atoms with Gasteiger partial charge in [-0.15, -0.1) is 0 Å². The Morgan fingerprint density at radius 1 is 1.42 bits per heavy atom. The van der Waals surface area contributed by atoms with Crippen molar-refractivity contribution in [1.82, 2.24) is 5.32 Å². The SMILES string of the molecule is CNCCc1ccc(N)c(C)c1. The van der Waals surface area contributed by atoms with Gasteiger partial charge in [0.1, 0.15) is 0 Å². The molecule has 0 atom stereocenters. The molecule has 0 aliphatic rings. The summed E-state index contributed by atoms with van der Waals surface area (Å²) in [7, 11) is 1.96. The molecule has 0 spiro atoms. The normalized spacial score (nSPS) is 10.2. The van der Waals surface area contributed by atoms with E-state index in [4.69, 9.17) is 5.73 Å². The highest BCUT2D eigenvalue weighted by atomic mass is 14.8. The van der Waals surface area contributed by atoms with Gasteiger partial charge in [0.25, 0.3) is 0 Å². The van der Waals surface area contributed by atoms with Gasteiger partial charge in [-0.1, -0.05) is 12.1 Å². The zero-order valence-electron chi connectivity index (χ0n) is 7.72. The van der Waals surface area contributed by atoms with Crippen molar-refractivity contribution in [3.8, 4) is 0 Å². The van der Waals surface area contributed by atoms with Gasteiger partial charge in [0.05, 0.1) is 0 Å². The fourth-order valence-electron chi connectivity index (χ4n) is 1.16. The fourth-order valence-corrected chi connectivity index (χ4v) is 1.16. The van der Waals surface area contributed by atoms with E-state index in [1.54, 1.807) is 0 Å². The van der Waals surface area contributed by atoms with Crippen LogP contribution >= 0.6 is 0 Å². The predicted molar refractivity (Wildman–Crippen MR) is 53.2 cm³/mol. The van der Waals surface area contributed by atoms with Gasteiger partial charge < -0.3 is 11.1 Å². The van der Waals surface area contributed by atoms with Crippen LogP contribution < -0.4 is 11.1 Å². The Kier molecular flexibility index (Phi) is 3.11. The van der Waals surface area contributed by atoms with Crippen LogP contribution in [0.5, 0.6) is 0 Å². The van der Waals surface area contributed by atoms with Crippen LogP contribution in [0.4, 0.5) is 5.69 Å². The smallest absolute Gasteiger partial charge is 0.0343 e. The summed E-state index contributed by atoms with van der Waals surface area (Å²) >= 11 is 0. The minimum Gasteiger partial charge on any atom is -0.399 e. The minimum absolute atomic E-state index is 0.878. The molecule has 0 heterocycles. The molecule has 2 nitrogen and oxygen atoms in total. The van der Waals surface area contributed by atoms with Crippen LogP contribution in [0.3, 0.4) is 0 Å². The topological polar surface area (TPSA) is 38.0 Å². The van der Waals surface area contributed by atoms with Gasteiger partial charge in [-0.3, -0.25) is 0 Å². The van der Waals surface area contributed by atoms with Crippen LogP contribution in [0, 0.1) is 6.92 Å². The van der Waals surface area contributed by atoms with E-state index in [0.717, 1.165) is 18.7 Å². The van der Waals surface area contributed by atoms with Gasteiger partial charge in [0, 0.05) is 5.69 Å². The summed E-state index contributed by atoms with van der Waals surface area (Å²) in [5, 5.41) is 3.12. The van der Waals surface area contributed by atoms with E-state index in [1.165, 1.54) is 11.1 Å². The molecule has 1 aromatic rings. The molecule has 0 saturated heterocycles. The molecule has 1 aromatic carbocycles. The van der Waals surface area contributed by atoms with E-state index in [0.29, 0.717) is 0 Å². The summed E-state index contributed by atoms with van der Waals surface area (Å²) in [6.07, 6.45) is 1.07. The lowest BCUT2D eigenvalue weighted by Gasteiger charge is -2.04. The third-order valence-electron chi connectivity index (χ3n) is 2.00. The molecule has 1 rings (SSSR count). The molecule has 3 N–H and O–H groups in total. The van der Waals surface area contributed by atoms with Crippen molar-refractivity contribution in [1.29, 1.82) is 0 Å². The highest BCUT2D eigenvalue weighted by Gasteiger charge is 1.95.